The lowest BCUT2D eigenvalue weighted by molar-refractivity contribution is 0.547. The summed E-state index contributed by atoms with van der Waals surface area (Å²) in [7, 11) is 0. The van der Waals surface area contributed by atoms with Crippen LogP contribution in [0.2, 0.25) is 0 Å². The molecule has 1 N–H and O–H groups in total. The van der Waals surface area contributed by atoms with Gasteiger partial charge in [0.25, 0.3) is 0 Å². The second-order valence-corrected chi connectivity index (χ2v) is 5.71. The molecule has 1 aromatic rings. The Balaban J connectivity index is 2.48. The number of thioether (sulfide) groups is 1. The Bertz CT molecular complexity index is 330. The Labute approximate surface area is 115 Å². The SMILES string of the molecule is CCCNC(CSCCC)Cc1cccc(F)c1. The molecule has 0 aliphatic rings. The summed E-state index contributed by atoms with van der Waals surface area (Å²) >= 11 is 1.98. The molecule has 3 heteroatoms. The third-order valence-corrected chi connectivity index (χ3v) is 4.06. The lowest BCUT2D eigenvalue weighted by Gasteiger charge is -2.18. The molecule has 0 bridgehead atoms. The van der Waals surface area contributed by atoms with Crippen molar-refractivity contribution in [2.45, 2.75) is 39.2 Å². The average Bonchev–Trinajstić information content (AvgIpc) is 2.36. The highest BCUT2D eigenvalue weighted by atomic mass is 32.2. The highest BCUT2D eigenvalue weighted by Crippen LogP contribution is 2.11. The van der Waals surface area contributed by atoms with Gasteiger partial charge in [0.15, 0.2) is 0 Å². The van der Waals surface area contributed by atoms with Crippen LogP contribution in [0.15, 0.2) is 24.3 Å². The van der Waals surface area contributed by atoms with Crippen molar-refractivity contribution in [3.8, 4) is 0 Å². The summed E-state index contributed by atoms with van der Waals surface area (Å²) in [5.74, 6) is 2.17. The van der Waals surface area contributed by atoms with Crippen molar-refractivity contribution >= 4 is 11.8 Å². The van der Waals surface area contributed by atoms with Gasteiger partial charge in [0.1, 0.15) is 5.82 Å². The van der Waals surface area contributed by atoms with E-state index in [9.17, 15) is 4.39 Å². The van der Waals surface area contributed by atoms with Crippen LogP contribution >= 0.6 is 11.8 Å². The molecule has 0 aliphatic heterocycles. The fraction of sp³-hybridized carbons (Fsp3) is 0.600. The van der Waals surface area contributed by atoms with Crippen LogP contribution in [-0.4, -0.2) is 24.1 Å². The molecule has 1 atom stereocenters. The van der Waals surface area contributed by atoms with Crippen LogP contribution in [0, 0.1) is 5.82 Å². The van der Waals surface area contributed by atoms with E-state index in [0.717, 1.165) is 30.7 Å². The van der Waals surface area contributed by atoms with E-state index in [1.807, 2.05) is 17.8 Å². The first-order valence-corrected chi connectivity index (χ1v) is 7.97. The first-order valence-electron chi connectivity index (χ1n) is 6.81. The number of benzene rings is 1. The van der Waals surface area contributed by atoms with Gasteiger partial charge in [-0.2, -0.15) is 11.8 Å². The highest BCUT2D eigenvalue weighted by molar-refractivity contribution is 7.99. The largest absolute Gasteiger partial charge is 0.313 e. The van der Waals surface area contributed by atoms with Gasteiger partial charge in [-0.25, -0.2) is 4.39 Å². The molecule has 1 rings (SSSR count). The van der Waals surface area contributed by atoms with Crippen molar-refractivity contribution in [3.05, 3.63) is 35.6 Å². The Morgan fingerprint density at radius 1 is 1.28 bits per heavy atom. The van der Waals surface area contributed by atoms with Crippen LogP contribution in [0.3, 0.4) is 0 Å². The first kappa shape index (κ1) is 15.5. The second-order valence-electron chi connectivity index (χ2n) is 4.56. The summed E-state index contributed by atoms with van der Waals surface area (Å²) in [5, 5.41) is 3.55. The normalized spacial score (nSPS) is 12.6. The van der Waals surface area contributed by atoms with Crippen molar-refractivity contribution in [2.24, 2.45) is 0 Å². The Hall–Kier alpha value is -0.540. The van der Waals surface area contributed by atoms with Crippen molar-refractivity contribution in [1.82, 2.24) is 5.32 Å². The molecule has 1 unspecified atom stereocenters. The van der Waals surface area contributed by atoms with Crippen LogP contribution in [0.4, 0.5) is 4.39 Å². The maximum atomic E-state index is 13.2. The van der Waals surface area contributed by atoms with Gasteiger partial charge in [0, 0.05) is 11.8 Å². The first-order chi connectivity index (χ1) is 8.76. The van der Waals surface area contributed by atoms with Gasteiger partial charge in [-0.15, -0.1) is 0 Å². The molecule has 0 spiro atoms. The third kappa shape index (κ3) is 6.41. The fourth-order valence-corrected chi connectivity index (χ4v) is 2.83. The van der Waals surface area contributed by atoms with Gasteiger partial charge in [-0.3, -0.25) is 0 Å². The number of nitrogens with one attached hydrogen (secondary N) is 1. The predicted molar refractivity (Wildman–Crippen MR) is 79.8 cm³/mol. The van der Waals surface area contributed by atoms with E-state index in [1.165, 1.54) is 18.2 Å². The van der Waals surface area contributed by atoms with Gasteiger partial charge in [0.2, 0.25) is 0 Å². The zero-order valence-corrected chi connectivity index (χ0v) is 12.2. The van der Waals surface area contributed by atoms with Crippen LogP contribution in [-0.2, 0) is 6.42 Å². The minimum atomic E-state index is -0.136. The van der Waals surface area contributed by atoms with Crippen LogP contribution in [0.5, 0.6) is 0 Å². The predicted octanol–water partition coefficient (Wildman–Crippen LogP) is 3.88. The molecule has 18 heavy (non-hydrogen) atoms. The molecule has 0 saturated carbocycles. The van der Waals surface area contributed by atoms with Crippen molar-refractivity contribution < 1.29 is 4.39 Å². The zero-order chi connectivity index (χ0) is 13.2. The minimum absolute atomic E-state index is 0.136. The number of hydrogen-bond acceptors (Lipinski definition) is 2. The van der Waals surface area contributed by atoms with E-state index in [4.69, 9.17) is 0 Å². The summed E-state index contributed by atoms with van der Waals surface area (Å²) in [6, 6.07) is 7.40. The average molecular weight is 269 g/mol. The highest BCUT2D eigenvalue weighted by Gasteiger charge is 2.09. The molecular weight excluding hydrogens is 245 g/mol. The van der Waals surface area contributed by atoms with Crippen LogP contribution in [0.25, 0.3) is 0 Å². The number of hydrogen-bond donors (Lipinski definition) is 1. The summed E-state index contributed by atoms with van der Waals surface area (Å²) in [6.07, 6.45) is 3.26. The van der Waals surface area contributed by atoms with E-state index in [0.29, 0.717) is 6.04 Å². The minimum Gasteiger partial charge on any atom is -0.313 e. The second kappa shape index (κ2) is 9.40. The maximum Gasteiger partial charge on any atom is 0.123 e. The Morgan fingerprint density at radius 3 is 2.78 bits per heavy atom. The summed E-state index contributed by atoms with van der Waals surface area (Å²) < 4.78 is 13.2. The van der Waals surface area contributed by atoms with Gasteiger partial charge < -0.3 is 5.32 Å². The third-order valence-electron chi connectivity index (χ3n) is 2.72. The molecule has 0 fully saturated rings. The quantitative estimate of drug-likeness (QED) is 0.683. The van der Waals surface area contributed by atoms with Crippen molar-refractivity contribution in [3.63, 3.8) is 0 Å². The van der Waals surface area contributed by atoms with E-state index < -0.39 is 0 Å². The molecule has 0 radical (unpaired) electrons. The van der Waals surface area contributed by atoms with E-state index in [2.05, 4.69) is 19.2 Å². The fourth-order valence-electron chi connectivity index (χ4n) is 1.86. The Morgan fingerprint density at radius 2 is 2.11 bits per heavy atom. The molecule has 0 saturated heterocycles. The van der Waals surface area contributed by atoms with Gasteiger partial charge >= 0.3 is 0 Å². The van der Waals surface area contributed by atoms with E-state index >= 15 is 0 Å². The lowest BCUT2D eigenvalue weighted by Crippen LogP contribution is -2.34. The topological polar surface area (TPSA) is 12.0 Å². The lowest BCUT2D eigenvalue weighted by atomic mass is 10.1. The molecular formula is C15H24FNS. The molecule has 1 nitrogen and oxygen atoms in total. The zero-order valence-electron chi connectivity index (χ0n) is 11.4. The van der Waals surface area contributed by atoms with E-state index in [1.54, 1.807) is 12.1 Å². The van der Waals surface area contributed by atoms with Crippen LogP contribution < -0.4 is 5.32 Å². The smallest absolute Gasteiger partial charge is 0.123 e. The summed E-state index contributed by atoms with van der Waals surface area (Å²) in [4.78, 5) is 0. The number of rotatable bonds is 9. The van der Waals surface area contributed by atoms with Gasteiger partial charge in [-0.05, 0) is 49.3 Å². The monoisotopic (exact) mass is 269 g/mol. The molecule has 0 aliphatic carbocycles. The summed E-state index contributed by atoms with van der Waals surface area (Å²) in [5.41, 5.74) is 1.08. The van der Waals surface area contributed by atoms with Crippen LogP contribution in [0.1, 0.15) is 32.3 Å². The molecule has 0 heterocycles. The standard InChI is InChI=1S/C15H24FNS/c1-3-8-17-15(12-18-9-4-2)11-13-6-5-7-14(16)10-13/h5-7,10,15,17H,3-4,8-9,11-12H2,1-2H3. The molecule has 0 amide bonds. The van der Waals surface area contributed by atoms with E-state index in [-0.39, 0.29) is 5.82 Å². The summed E-state index contributed by atoms with van der Waals surface area (Å²) in [6.45, 7) is 5.41. The van der Waals surface area contributed by atoms with Crippen molar-refractivity contribution in [1.29, 1.82) is 0 Å². The molecule has 1 aromatic carbocycles. The van der Waals surface area contributed by atoms with Crippen molar-refractivity contribution in [2.75, 3.05) is 18.1 Å². The Kier molecular flexibility index (Phi) is 8.10. The van der Waals surface area contributed by atoms with Gasteiger partial charge in [0.05, 0.1) is 0 Å². The number of halogens is 1. The van der Waals surface area contributed by atoms with Gasteiger partial charge in [-0.1, -0.05) is 26.0 Å². The molecule has 0 aromatic heterocycles. The maximum absolute atomic E-state index is 13.2. The molecule has 102 valence electrons.